The van der Waals surface area contributed by atoms with Gasteiger partial charge in [0.2, 0.25) is 0 Å². The molecule has 1 aromatic heterocycles. The third kappa shape index (κ3) is 4.15. The van der Waals surface area contributed by atoms with Gasteiger partial charge in [-0.05, 0) is 38.7 Å². The first kappa shape index (κ1) is 14.7. The van der Waals surface area contributed by atoms with E-state index in [-0.39, 0.29) is 6.04 Å². The molecular weight excluding hydrogens is 246 g/mol. The summed E-state index contributed by atoms with van der Waals surface area (Å²) in [5.41, 5.74) is 2.39. The van der Waals surface area contributed by atoms with Crippen molar-refractivity contribution in [3.63, 3.8) is 0 Å². The van der Waals surface area contributed by atoms with E-state index in [4.69, 9.17) is 0 Å². The van der Waals surface area contributed by atoms with Crippen LogP contribution in [0.25, 0.3) is 0 Å². The highest BCUT2D eigenvalue weighted by atomic mass is 15.1. The number of pyridine rings is 1. The molecule has 20 heavy (non-hydrogen) atoms. The highest BCUT2D eigenvalue weighted by Gasteiger charge is 2.16. The van der Waals surface area contributed by atoms with Crippen LogP contribution in [0.4, 0.5) is 0 Å². The molecule has 0 aliphatic heterocycles. The monoisotopic (exact) mass is 269 g/mol. The predicted octanol–water partition coefficient (Wildman–Crippen LogP) is 3.04. The molecule has 1 aromatic carbocycles. The zero-order valence-corrected chi connectivity index (χ0v) is 12.5. The van der Waals surface area contributed by atoms with E-state index < -0.39 is 0 Å². The minimum atomic E-state index is 0.223. The highest BCUT2D eigenvalue weighted by Crippen LogP contribution is 2.19. The first-order valence-corrected chi connectivity index (χ1v) is 7.03. The van der Waals surface area contributed by atoms with Crippen molar-refractivity contribution in [2.45, 2.75) is 19.0 Å². The van der Waals surface area contributed by atoms with Gasteiger partial charge in [-0.1, -0.05) is 36.4 Å². The molecule has 0 saturated carbocycles. The minimum Gasteiger partial charge on any atom is -0.308 e. The fourth-order valence-corrected chi connectivity index (χ4v) is 2.32. The molecular formula is C17H23N3. The Morgan fingerprint density at radius 2 is 1.75 bits per heavy atom. The van der Waals surface area contributed by atoms with Crippen LogP contribution in [0.3, 0.4) is 0 Å². The average Bonchev–Trinajstić information content (AvgIpc) is 2.48. The summed E-state index contributed by atoms with van der Waals surface area (Å²) < 4.78 is 0. The van der Waals surface area contributed by atoms with Gasteiger partial charge in [-0.2, -0.15) is 0 Å². The number of hydrogen-bond acceptors (Lipinski definition) is 3. The summed E-state index contributed by atoms with van der Waals surface area (Å²) in [5.74, 6) is 0. The lowest BCUT2D eigenvalue weighted by molar-refractivity contribution is 0.324. The van der Waals surface area contributed by atoms with Crippen molar-refractivity contribution in [1.29, 1.82) is 0 Å². The van der Waals surface area contributed by atoms with Crippen LogP contribution in [0.2, 0.25) is 0 Å². The van der Waals surface area contributed by atoms with Crippen molar-refractivity contribution in [2.75, 3.05) is 20.6 Å². The smallest absolute Gasteiger partial charge is 0.0570 e. The summed E-state index contributed by atoms with van der Waals surface area (Å²) in [5, 5.41) is 3.68. The second-order valence-electron chi connectivity index (χ2n) is 5.37. The van der Waals surface area contributed by atoms with Crippen LogP contribution >= 0.6 is 0 Å². The SMILES string of the molecule is CC(NC(CN(C)C)c1ccccc1)c1ccccn1. The van der Waals surface area contributed by atoms with Gasteiger partial charge >= 0.3 is 0 Å². The molecule has 0 saturated heterocycles. The van der Waals surface area contributed by atoms with Crippen LogP contribution in [-0.4, -0.2) is 30.5 Å². The van der Waals surface area contributed by atoms with Crippen molar-refractivity contribution < 1.29 is 0 Å². The van der Waals surface area contributed by atoms with Crippen LogP contribution in [0, 0.1) is 0 Å². The second kappa shape index (κ2) is 7.17. The largest absolute Gasteiger partial charge is 0.308 e. The van der Waals surface area contributed by atoms with Crippen molar-refractivity contribution in [3.8, 4) is 0 Å². The molecule has 3 heteroatoms. The van der Waals surface area contributed by atoms with Crippen molar-refractivity contribution in [2.24, 2.45) is 0 Å². The molecule has 106 valence electrons. The molecule has 0 aliphatic rings. The Morgan fingerprint density at radius 1 is 1.05 bits per heavy atom. The third-order valence-electron chi connectivity index (χ3n) is 3.33. The van der Waals surface area contributed by atoms with Crippen molar-refractivity contribution >= 4 is 0 Å². The molecule has 0 amide bonds. The van der Waals surface area contributed by atoms with Crippen molar-refractivity contribution in [1.82, 2.24) is 15.2 Å². The molecule has 0 bridgehead atoms. The van der Waals surface area contributed by atoms with E-state index in [1.54, 1.807) is 0 Å². The maximum absolute atomic E-state index is 4.43. The average molecular weight is 269 g/mol. The zero-order chi connectivity index (χ0) is 14.4. The van der Waals surface area contributed by atoms with Gasteiger partial charge in [-0.3, -0.25) is 4.98 Å². The van der Waals surface area contributed by atoms with Gasteiger partial charge in [0, 0.05) is 24.8 Å². The van der Waals surface area contributed by atoms with E-state index in [9.17, 15) is 0 Å². The van der Waals surface area contributed by atoms with Gasteiger partial charge in [0.1, 0.15) is 0 Å². The second-order valence-corrected chi connectivity index (χ2v) is 5.37. The Labute approximate surface area is 121 Å². The molecule has 0 spiro atoms. The topological polar surface area (TPSA) is 28.2 Å². The Balaban J connectivity index is 2.12. The van der Waals surface area contributed by atoms with E-state index >= 15 is 0 Å². The summed E-state index contributed by atoms with van der Waals surface area (Å²) in [6.45, 7) is 3.12. The number of nitrogens with one attached hydrogen (secondary N) is 1. The van der Waals surface area contributed by atoms with E-state index in [1.165, 1.54) is 5.56 Å². The molecule has 2 aromatic rings. The fourth-order valence-electron chi connectivity index (χ4n) is 2.32. The van der Waals surface area contributed by atoms with Crippen LogP contribution in [-0.2, 0) is 0 Å². The molecule has 2 unspecified atom stereocenters. The summed E-state index contributed by atoms with van der Waals surface area (Å²) in [7, 11) is 4.20. The number of nitrogens with zero attached hydrogens (tertiary/aromatic N) is 2. The van der Waals surface area contributed by atoms with Gasteiger partial charge < -0.3 is 10.2 Å². The van der Waals surface area contributed by atoms with Crippen LogP contribution in [0.1, 0.15) is 30.3 Å². The van der Waals surface area contributed by atoms with Crippen LogP contribution in [0.5, 0.6) is 0 Å². The lowest BCUT2D eigenvalue weighted by atomic mass is 10.0. The maximum atomic E-state index is 4.43. The number of rotatable bonds is 6. The number of likely N-dealkylation sites (N-methyl/N-ethyl adjacent to an activating group) is 1. The molecule has 0 aliphatic carbocycles. The van der Waals surface area contributed by atoms with Gasteiger partial charge in [-0.25, -0.2) is 0 Å². The van der Waals surface area contributed by atoms with E-state index in [2.05, 4.69) is 72.6 Å². The molecule has 1 N–H and O–H groups in total. The van der Waals surface area contributed by atoms with E-state index in [1.807, 2.05) is 18.3 Å². The van der Waals surface area contributed by atoms with Gasteiger partial charge in [0.25, 0.3) is 0 Å². The Morgan fingerprint density at radius 3 is 2.35 bits per heavy atom. The lowest BCUT2D eigenvalue weighted by Gasteiger charge is -2.26. The quantitative estimate of drug-likeness (QED) is 0.873. The van der Waals surface area contributed by atoms with Crippen LogP contribution in [0.15, 0.2) is 54.7 Å². The van der Waals surface area contributed by atoms with Crippen LogP contribution < -0.4 is 5.32 Å². The molecule has 2 rings (SSSR count). The van der Waals surface area contributed by atoms with Gasteiger partial charge in [0.05, 0.1) is 5.69 Å². The van der Waals surface area contributed by atoms with Gasteiger partial charge in [-0.15, -0.1) is 0 Å². The lowest BCUT2D eigenvalue weighted by Crippen LogP contribution is -2.33. The summed E-state index contributed by atoms with van der Waals surface area (Å²) >= 11 is 0. The first-order chi connectivity index (χ1) is 9.66. The Bertz CT molecular complexity index is 496. The van der Waals surface area contributed by atoms with E-state index in [0.717, 1.165) is 12.2 Å². The van der Waals surface area contributed by atoms with Gasteiger partial charge in [0.15, 0.2) is 0 Å². The standard InChI is InChI=1S/C17H23N3/c1-14(16-11-7-8-12-18-16)19-17(13-20(2)3)15-9-5-4-6-10-15/h4-12,14,17,19H,13H2,1-3H3. The Hall–Kier alpha value is -1.71. The van der Waals surface area contributed by atoms with Crippen molar-refractivity contribution in [3.05, 3.63) is 66.0 Å². The normalized spacial score (nSPS) is 14.2. The minimum absolute atomic E-state index is 0.223. The molecule has 3 nitrogen and oxygen atoms in total. The summed E-state index contributed by atoms with van der Waals surface area (Å²) in [6.07, 6.45) is 1.84. The number of benzene rings is 1. The fraction of sp³-hybridized carbons (Fsp3) is 0.353. The summed E-state index contributed by atoms with van der Waals surface area (Å²) in [6, 6.07) is 17.1. The molecule has 0 radical (unpaired) electrons. The number of aromatic nitrogens is 1. The predicted molar refractivity (Wildman–Crippen MR) is 83.5 cm³/mol. The highest BCUT2D eigenvalue weighted by molar-refractivity contribution is 5.20. The zero-order valence-electron chi connectivity index (χ0n) is 12.5. The Kier molecular flexibility index (Phi) is 5.27. The number of hydrogen-bond donors (Lipinski definition) is 1. The molecule has 2 atom stereocenters. The van der Waals surface area contributed by atoms with E-state index in [0.29, 0.717) is 6.04 Å². The maximum Gasteiger partial charge on any atom is 0.0570 e. The molecule has 1 heterocycles. The molecule has 0 fully saturated rings. The first-order valence-electron chi connectivity index (χ1n) is 7.03. The summed E-state index contributed by atoms with van der Waals surface area (Å²) in [4.78, 5) is 6.63. The third-order valence-corrected chi connectivity index (χ3v) is 3.33.